The number of carbonyl (C=O) groups excluding carboxylic acids is 1. The van der Waals surface area contributed by atoms with E-state index in [1.54, 1.807) is 11.3 Å². The molecule has 5 saturated carbocycles. The quantitative estimate of drug-likeness (QED) is 0.776. The van der Waals surface area contributed by atoms with E-state index in [-0.39, 0.29) is 11.3 Å². The lowest BCUT2D eigenvalue weighted by Crippen LogP contribution is -2.50. The van der Waals surface area contributed by atoms with Crippen molar-refractivity contribution in [3.63, 3.8) is 0 Å². The second-order valence-electron chi connectivity index (χ2n) is 9.10. The summed E-state index contributed by atoms with van der Waals surface area (Å²) < 4.78 is 2.38. The Morgan fingerprint density at radius 2 is 1.67 bits per heavy atom. The lowest BCUT2D eigenvalue weighted by molar-refractivity contribution is -0.142. The average Bonchev–Trinajstić information content (AvgIpc) is 2.72. The third-order valence-electron chi connectivity index (χ3n) is 7.45. The van der Waals surface area contributed by atoms with E-state index in [4.69, 9.17) is 4.99 Å². The van der Waals surface area contributed by atoms with Gasteiger partial charge in [-0.25, -0.2) is 0 Å². The SMILES string of the molecule is Cc1sc(=NC(=O)C23CC4CC(CC(C4)C2)C3)n(C2CCC2)c1C. The lowest BCUT2D eigenvalue weighted by atomic mass is 9.49. The molecule has 0 atom stereocenters. The molecule has 5 aliphatic carbocycles. The predicted molar refractivity (Wildman–Crippen MR) is 95.8 cm³/mol. The first-order valence-corrected chi connectivity index (χ1v) is 10.6. The number of nitrogens with zero attached hydrogens (tertiary/aromatic N) is 2. The molecule has 4 bridgehead atoms. The Bertz CT molecular complexity index is 717. The van der Waals surface area contributed by atoms with E-state index < -0.39 is 0 Å². The third kappa shape index (κ3) is 2.21. The largest absolute Gasteiger partial charge is 0.318 e. The van der Waals surface area contributed by atoms with Gasteiger partial charge in [0.2, 0.25) is 0 Å². The van der Waals surface area contributed by atoms with Gasteiger partial charge in [-0.3, -0.25) is 4.79 Å². The number of aryl methyl sites for hydroxylation is 1. The fourth-order valence-corrected chi connectivity index (χ4v) is 7.34. The second kappa shape index (κ2) is 5.30. The molecule has 1 aromatic heterocycles. The highest BCUT2D eigenvalue weighted by Gasteiger charge is 2.54. The van der Waals surface area contributed by atoms with Crippen molar-refractivity contribution in [1.82, 2.24) is 4.57 Å². The molecule has 0 aliphatic heterocycles. The van der Waals surface area contributed by atoms with Gasteiger partial charge in [-0.2, -0.15) is 4.99 Å². The highest BCUT2D eigenvalue weighted by atomic mass is 32.1. The molecule has 24 heavy (non-hydrogen) atoms. The van der Waals surface area contributed by atoms with Crippen LogP contribution in [0.25, 0.3) is 0 Å². The highest BCUT2D eigenvalue weighted by Crippen LogP contribution is 2.60. The first-order chi connectivity index (χ1) is 11.5. The molecule has 0 saturated heterocycles. The van der Waals surface area contributed by atoms with Crippen molar-refractivity contribution in [1.29, 1.82) is 0 Å². The van der Waals surface area contributed by atoms with Crippen LogP contribution in [0.5, 0.6) is 0 Å². The standard InChI is InChI=1S/C20H28N2OS/c1-12-13(2)24-19(22(12)17-4-3-5-17)21-18(23)20-9-14-6-15(10-20)8-16(7-14)11-20/h14-17H,3-11H2,1-2H3. The summed E-state index contributed by atoms with van der Waals surface area (Å²) in [5, 5.41) is 0. The van der Waals surface area contributed by atoms with Crippen LogP contribution in [0.2, 0.25) is 0 Å². The fraction of sp³-hybridized carbons (Fsp3) is 0.800. The molecular weight excluding hydrogens is 316 g/mol. The average molecular weight is 345 g/mol. The molecule has 0 N–H and O–H groups in total. The maximum absolute atomic E-state index is 13.3. The minimum atomic E-state index is -0.0992. The second-order valence-corrected chi connectivity index (χ2v) is 10.3. The van der Waals surface area contributed by atoms with Crippen molar-refractivity contribution in [3.05, 3.63) is 15.4 Å². The van der Waals surface area contributed by atoms with Gasteiger partial charge < -0.3 is 4.57 Å². The van der Waals surface area contributed by atoms with Crippen LogP contribution >= 0.6 is 11.3 Å². The van der Waals surface area contributed by atoms with E-state index in [2.05, 4.69) is 18.4 Å². The highest BCUT2D eigenvalue weighted by molar-refractivity contribution is 7.09. The van der Waals surface area contributed by atoms with Gasteiger partial charge in [0.1, 0.15) is 0 Å². The summed E-state index contributed by atoms with van der Waals surface area (Å²) in [7, 11) is 0. The molecule has 5 fully saturated rings. The Kier molecular flexibility index (Phi) is 3.39. The van der Waals surface area contributed by atoms with Gasteiger partial charge in [0, 0.05) is 16.6 Å². The molecule has 1 amide bonds. The molecule has 0 radical (unpaired) electrons. The minimum absolute atomic E-state index is 0.0992. The Labute approximate surface area is 148 Å². The van der Waals surface area contributed by atoms with Gasteiger partial charge >= 0.3 is 0 Å². The van der Waals surface area contributed by atoms with Crippen LogP contribution in [0.1, 0.15) is 74.4 Å². The maximum atomic E-state index is 13.3. The van der Waals surface area contributed by atoms with E-state index in [1.807, 2.05) is 0 Å². The minimum Gasteiger partial charge on any atom is -0.318 e. The third-order valence-corrected chi connectivity index (χ3v) is 8.52. The number of hydrogen-bond acceptors (Lipinski definition) is 2. The number of hydrogen-bond donors (Lipinski definition) is 0. The van der Waals surface area contributed by atoms with Crippen molar-refractivity contribution in [2.75, 3.05) is 0 Å². The van der Waals surface area contributed by atoms with E-state index in [0.717, 1.165) is 41.8 Å². The zero-order valence-corrected chi connectivity index (χ0v) is 15.7. The molecular formula is C20H28N2OS. The Morgan fingerprint density at radius 1 is 1.08 bits per heavy atom. The van der Waals surface area contributed by atoms with Crippen LogP contribution < -0.4 is 4.80 Å². The van der Waals surface area contributed by atoms with Gasteiger partial charge in [-0.15, -0.1) is 11.3 Å². The van der Waals surface area contributed by atoms with E-state index in [9.17, 15) is 4.79 Å². The first-order valence-electron chi connectivity index (χ1n) is 9.82. The van der Waals surface area contributed by atoms with Crippen molar-refractivity contribution < 1.29 is 4.79 Å². The van der Waals surface area contributed by atoms with E-state index in [1.165, 1.54) is 49.1 Å². The fourth-order valence-electron chi connectivity index (χ4n) is 6.30. The van der Waals surface area contributed by atoms with Gasteiger partial charge in [-0.05, 0) is 89.4 Å². The number of thiazole rings is 1. The number of carbonyl (C=O) groups is 1. The smallest absolute Gasteiger partial charge is 0.254 e. The molecule has 4 heteroatoms. The summed E-state index contributed by atoms with van der Waals surface area (Å²) in [4.78, 5) is 20.4. The summed E-state index contributed by atoms with van der Waals surface area (Å²) in [5.74, 6) is 2.64. The molecule has 0 aromatic carbocycles. The molecule has 1 aromatic rings. The zero-order chi connectivity index (χ0) is 16.5. The summed E-state index contributed by atoms with van der Waals surface area (Å²) in [6.07, 6.45) is 11.3. The molecule has 0 unspecified atom stereocenters. The molecule has 1 heterocycles. The van der Waals surface area contributed by atoms with Crippen LogP contribution in [0.15, 0.2) is 4.99 Å². The van der Waals surface area contributed by atoms with Crippen molar-refractivity contribution in [3.8, 4) is 0 Å². The van der Waals surface area contributed by atoms with Gasteiger partial charge in [0.15, 0.2) is 4.80 Å². The van der Waals surface area contributed by atoms with Gasteiger partial charge in [-0.1, -0.05) is 0 Å². The van der Waals surface area contributed by atoms with Crippen LogP contribution in [0.3, 0.4) is 0 Å². The summed E-state index contributed by atoms with van der Waals surface area (Å²) in [6, 6.07) is 0.581. The van der Waals surface area contributed by atoms with Crippen LogP contribution in [-0.2, 0) is 4.79 Å². The van der Waals surface area contributed by atoms with Crippen molar-refractivity contribution in [2.24, 2.45) is 28.2 Å². The lowest BCUT2D eigenvalue weighted by Gasteiger charge is -2.55. The van der Waals surface area contributed by atoms with Crippen molar-refractivity contribution in [2.45, 2.75) is 77.7 Å². The van der Waals surface area contributed by atoms with E-state index >= 15 is 0 Å². The molecule has 5 aliphatic rings. The number of amides is 1. The first kappa shape index (κ1) is 15.4. The zero-order valence-electron chi connectivity index (χ0n) is 14.9. The van der Waals surface area contributed by atoms with Crippen molar-refractivity contribution >= 4 is 17.2 Å². The van der Waals surface area contributed by atoms with E-state index in [0.29, 0.717) is 6.04 Å². The summed E-state index contributed by atoms with van der Waals surface area (Å²) in [5.41, 5.74) is 1.22. The maximum Gasteiger partial charge on any atom is 0.254 e. The molecule has 3 nitrogen and oxygen atoms in total. The molecule has 6 rings (SSSR count). The monoisotopic (exact) mass is 344 g/mol. The molecule has 0 spiro atoms. The normalized spacial score (nSPS) is 38.6. The predicted octanol–water partition coefficient (Wildman–Crippen LogP) is 4.54. The van der Waals surface area contributed by atoms with Crippen LogP contribution in [0, 0.1) is 37.0 Å². The Balaban J connectivity index is 1.52. The van der Waals surface area contributed by atoms with Gasteiger partial charge in [0.05, 0.1) is 5.41 Å². The van der Waals surface area contributed by atoms with Gasteiger partial charge in [0.25, 0.3) is 5.91 Å². The summed E-state index contributed by atoms with van der Waals surface area (Å²) in [6.45, 7) is 4.36. The summed E-state index contributed by atoms with van der Waals surface area (Å²) >= 11 is 1.73. The number of aromatic nitrogens is 1. The van der Waals surface area contributed by atoms with Crippen LogP contribution in [0.4, 0.5) is 0 Å². The topological polar surface area (TPSA) is 34.4 Å². The van der Waals surface area contributed by atoms with Crippen LogP contribution in [-0.4, -0.2) is 10.5 Å². The Hall–Kier alpha value is -0.900. The molecule has 130 valence electrons. The number of rotatable bonds is 2. The Morgan fingerprint density at radius 3 is 2.17 bits per heavy atom.